The predicted octanol–water partition coefficient (Wildman–Crippen LogP) is 3.26. The van der Waals surface area contributed by atoms with Gasteiger partial charge in [0, 0.05) is 12.7 Å². The highest BCUT2D eigenvalue weighted by Gasteiger charge is 2.20. The average molecular weight is 283 g/mol. The van der Waals surface area contributed by atoms with E-state index in [1.807, 2.05) is 6.20 Å². The lowest BCUT2D eigenvalue weighted by molar-refractivity contribution is 0.346. The molecule has 19 heavy (non-hydrogen) atoms. The monoisotopic (exact) mass is 282 g/mol. The third-order valence-electron chi connectivity index (χ3n) is 3.43. The maximum absolute atomic E-state index is 5.26. The molecule has 0 aliphatic heterocycles. The Hall–Kier alpha value is -1.06. The van der Waals surface area contributed by atoms with Gasteiger partial charge in [0.25, 0.3) is 0 Å². The van der Waals surface area contributed by atoms with Crippen LogP contribution in [0.25, 0.3) is 5.57 Å². The fourth-order valence-electron chi connectivity index (χ4n) is 2.62. The molecule has 0 bridgehead atoms. The molecule has 2 rings (SSSR count). The molecule has 0 saturated carbocycles. The van der Waals surface area contributed by atoms with E-state index < -0.39 is 0 Å². The lowest BCUT2D eigenvalue weighted by atomic mass is 9.84. The quantitative estimate of drug-likeness (QED) is 0.848. The zero-order valence-electron chi connectivity index (χ0n) is 11.9. The Balaban J connectivity index is 0.00000180. The van der Waals surface area contributed by atoms with Crippen molar-refractivity contribution in [3.8, 4) is 5.75 Å². The van der Waals surface area contributed by atoms with Crippen LogP contribution in [0.3, 0.4) is 0 Å². The highest BCUT2D eigenvalue weighted by atomic mass is 35.5. The first-order chi connectivity index (χ1) is 8.70. The summed E-state index contributed by atoms with van der Waals surface area (Å²) in [5.41, 5.74) is 2.64. The van der Waals surface area contributed by atoms with Crippen LogP contribution in [0.5, 0.6) is 5.75 Å². The standard InChI is InChI=1S/C15H22N2O.ClH/c1-17(2)11-12-6-4-5-7-15(12)13-8-14(18-3)10-16-9-13;/h7-10,12H,4-6,11H2,1-3H3;1H. The van der Waals surface area contributed by atoms with E-state index >= 15 is 0 Å². The van der Waals surface area contributed by atoms with Crippen molar-refractivity contribution in [1.82, 2.24) is 9.88 Å². The largest absolute Gasteiger partial charge is 0.495 e. The van der Waals surface area contributed by atoms with Gasteiger partial charge in [0.05, 0.1) is 13.3 Å². The van der Waals surface area contributed by atoms with Gasteiger partial charge in [0.15, 0.2) is 0 Å². The molecule has 0 radical (unpaired) electrons. The van der Waals surface area contributed by atoms with Gasteiger partial charge in [0.1, 0.15) is 5.75 Å². The molecule has 0 aromatic carbocycles. The van der Waals surface area contributed by atoms with Crippen molar-refractivity contribution < 1.29 is 4.74 Å². The van der Waals surface area contributed by atoms with Crippen LogP contribution in [0.4, 0.5) is 0 Å². The molecule has 1 aromatic heterocycles. The van der Waals surface area contributed by atoms with Gasteiger partial charge in [-0.05, 0) is 56.5 Å². The SMILES string of the molecule is COc1cncc(C2=CCCCC2CN(C)C)c1.Cl. The summed E-state index contributed by atoms with van der Waals surface area (Å²) in [7, 11) is 5.96. The van der Waals surface area contributed by atoms with E-state index in [-0.39, 0.29) is 12.4 Å². The van der Waals surface area contributed by atoms with Crippen molar-refractivity contribution in [2.24, 2.45) is 5.92 Å². The van der Waals surface area contributed by atoms with Crippen molar-refractivity contribution in [3.63, 3.8) is 0 Å². The minimum absolute atomic E-state index is 0. The molecule has 0 N–H and O–H groups in total. The normalized spacial score (nSPS) is 18.7. The van der Waals surface area contributed by atoms with E-state index in [1.54, 1.807) is 13.3 Å². The molecule has 106 valence electrons. The molecule has 1 atom stereocenters. The number of methoxy groups -OCH3 is 1. The first kappa shape index (κ1) is 16.0. The Kier molecular flexibility index (Phi) is 6.32. The van der Waals surface area contributed by atoms with Crippen LogP contribution in [0, 0.1) is 5.92 Å². The highest BCUT2D eigenvalue weighted by molar-refractivity contribution is 5.85. The lowest BCUT2D eigenvalue weighted by Crippen LogP contribution is -2.24. The van der Waals surface area contributed by atoms with Gasteiger partial charge in [-0.1, -0.05) is 6.08 Å². The Bertz CT molecular complexity index is 432. The molecule has 0 fully saturated rings. The number of aromatic nitrogens is 1. The Labute approximate surface area is 122 Å². The van der Waals surface area contributed by atoms with Gasteiger partial charge in [-0.25, -0.2) is 0 Å². The first-order valence-corrected chi connectivity index (χ1v) is 6.55. The molecule has 1 unspecified atom stereocenters. The number of rotatable bonds is 4. The van der Waals surface area contributed by atoms with Gasteiger partial charge in [-0.3, -0.25) is 4.98 Å². The molecular weight excluding hydrogens is 260 g/mol. The van der Waals surface area contributed by atoms with Crippen LogP contribution in [-0.2, 0) is 0 Å². The van der Waals surface area contributed by atoms with E-state index in [4.69, 9.17) is 4.74 Å². The fourth-order valence-corrected chi connectivity index (χ4v) is 2.62. The number of pyridine rings is 1. The summed E-state index contributed by atoms with van der Waals surface area (Å²) in [6.45, 7) is 1.10. The maximum atomic E-state index is 5.26. The molecule has 4 heteroatoms. The molecule has 1 aliphatic carbocycles. The third kappa shape index (κ3) is 4.22. The maximum Gasteiger partial charge on any atom is 0.137 e. The Morgan fingerprint density at radius 3 is 2.84 bits per heavy atom. The van der Waals surface area contributed by atoms with E-state index in [2.05, 4.69) is 36.1 Å². The summed E-state index contributed by atoms with van der Waals surface area (Å²) >= 11 is 0. The number of halogens is 1. The van der Waals surface area contributed by atoms with Crippen LogP contribution >= 0.6 is 12.4 Å². The van der Waals surface area contributed by atoms with Gasteiger partial charge >= 0.3 is 0 Å². The number of allylic oxidation sites excluding steroid dienone is 1. The van der Waals surface area contributed by atoms with E-state index in [1.165, 1.54) is 30.4 Å². The van der Waals surface area contributed by atoms with Crippen LogP contribution in [-0.4, -0.2) is 37.6 Å². The second-order valence-corrected chi connectivity index (χ2v) is 5.16. The van der Waals surface area contributed by atoms with Crippen molar-refractivity contribution >= 4 is 18.0 Å². The lowest BCUT2D eigenvalue weighted by Gasteiger charge is -2.27. The minimum atomic E-state index is 0. The van der Waals surface area contributed by atoms with Gasteiger partial charge in [-0.2, -0.15) is 0 Å². The number of hydrogen-bond donors (Lipinski definition) is 0. The van der Waals surface area contributed by atoms with Crippen molar-refractivity contribution in [1.29, 1.82) is 0 Å². The number of ether oxygens (including phenoxy) is 1. The summed E-state index contributed by atoms with van der Waals surface area (Å²) in [6.07, 6.45) is 9.81. The number of hydrogen-bond acceptors (Lipinski definition) is 3. The second kappa shape index (κ2) is 7.51. The third-order valence-corrected chi connectivity index (χ3v) is 3.43. The smallest absolute Gasteiger partial charge is 0.137 e. The zero-order valence-corrected chi connectivity index (χ0v) is 12.7. The van der Waals surface area contributed by atoms with Crippen molar-refractivity contribution in [2.45, 2.75) is 19.3 Å². The number of nitrogens with zero attached hydrogens (tertiary/aromatic N) is 2. The molecule has 1 heterocycles. The summed E-state index contributed by atoms with van der Waals surface area (Å²) in [5, 5.41) is 0. The summed E-state index contributed by atoms with van der Waals surface area (Å²) in [4.78, 5) is 6.53. The van der Waals surface area contributed by atoms with Crippen molar-refractivity contribution in [2.75, 3.05) is 27.7 Å². The Morgan fingerprint density at radius 1 is 1.37 bits per heavy atom. The van der Waals surface area contributed by atoms with E-state index in [9.17, 15) is 0 Å². The Morgan fingerprint density at radius 2 is 2.16 bits per heavy atom. The topological polar surface area (TPSA) is 25.4 Å². The van der Waals surface area contributed by atoms with E-state index in [0.29, 0.717) is 5.92 Å². The van der Waals surface area contributed by atoms with Crippen molar-refractivity contribution in [3.05, 3.63) is 30.1 Å². The minimum Gasteiger partial charge on any atom is -0.495 e. The van der Waals surface area contributed by atoms with Crippen LogP contribution in [0.15, 0.2) is 24.5 Å². The highest BCUT2D eigenvalue weighted by Crippen LogP contribution is 2.33. The molecule has 1 aromatic rings. The zero-order chi connectivity index (χ0) is 13.0. The average Bonchev–Trinajstić information content (AvgIpc) is 2.39. The fraction of sp³-hybridized carbons (Fsp3) is 0.533. The molecule has 1 aliphatic rings. The van der Waals surface area contributed by atoms with E-state index in [0.717, 1.165) is 12.3 Å². The van der Waals surface area contributed by atoms with Crippen LogP contribution < -0.4 is 4.74 Å². The summed E-state index contributed by atoms with van der Waals surface area (Å²) < 4.78 is 5.26. The predicted molar refractivity (Wildman–Crippen MR) is 81.9 cm³/mol. The van der Waals surface area contributed by atoms with Crippen LogP contribution in [0.1, 0.15) is 24.8 Å². The second-order valence-electron chi connectivity index (χ2n) is 5.16. The molecule has 0 amide bonds. The van der Waals surface area contributed by atoms with Gasteiger partial charge in [0.2, 0.25) is 0 Å². The summed E-state index contributed by atoms with van der Waals surface area (Å²) in [5.74, 6) is 1.45. The van der Waals surface area contributed by atoms with Crippen LogP contribution in [0.2, 0.25) is 0 Å². The van der Waals surface area contributed by atoms with Gasteiger partial charge in [-0.15, -0.1) is 12.4 Å². The first-order valence-electron chi connectivity index (χ1n) is 6.55. The van der Waals surface area contributed by atoms with Gasteiger partial charge < -0.3 is 9.64 Å². The molecule has 0 saturated heterocycles. The molecule has 0 spiro atoms. The molecular formula is C15H23ClN2O. The summed E-state index contributed by atoms with van der Waals surface area (Å²) in [6, 6.07) is 2.09. The molecule has 3 nitrogen and oxygen atoms in total.